The third-order valence-electron chi connectivity index (χ3n) is 8.13. The van der Waals surface area contributed by atoms with E-state index in [0.717, 1.165) is 38.5 Å². The van der Waals surface area contributed by atoms with Gasteiger partial charge in [-0.2, -0.15) is 5.10 Å². The minimum Gasteiger partial charge on any atom is -0.388 e. The number of hydrogen-bond donors (Lipinski definition) is 3. The van der Waals surface area contributed by atoms with E-state index in [2.05, 4.69) is 43.3 Å². The van der Waals surface area contributed by atoms with E-state index < -0.39 is 5.60 Å². The first-order chi connectivity index (χ1) is 18.7. The molecule has 0 unspecified atom stereocenters. The van der Waals surface area contributed by atoms with Crippen molar-refractivity contribution in [3.8, 4) is 5.69 Å². The summed E-state index contributed by atoms with van der Waals surface area (Å²) in [5, 5.41) is 21.8. The first-order valence-electron chi connectivity index (χ1n) is 13.5. The van der Waals surface area contributed by atoms with Crippen LogP contribution >= 0.6 is 22.6 Å². The summed E-state index contributed by atoms with van der Waals surface area (Å²) < 4.78 is 2.77. The number of benzene rings is 1. The van der Waals surface area contributed by atoms with Crippen molar-refractivity contribution in [1.82, 2.24) is 29.5 Å². The van der Waals surface area contributed by atoms with Crippen molar-refractivity contribution in [2.24, 2.45) is 0 Å². The zero-order chi connectivity index (χ0) is 27.2. The first kappa shape index (κ1) is 26.2. The molecule has 1 aromatic carbocycles. The average Bonchev–Trinajstić information content (AvgIpc) is 3.28. The van der Waals surface area contributed by atoms with E-state index in [4.69, 9.17) is 0 Å². The van der Waals surface area contributed by atoms with Gasteiger partial charge in [-0.3, -0.25) is 14.2 Å². The molecule has 0 spiro atoms. The minimum absolute atomic E-state index is 0.112. The molecule has 2 aliphatic carbocycles. The van der Waals surface area contributed by atoms with Crippen LogP contribution in [0.5, 0.6) is 0 Å². The maximum atomic E-state index is 13.3. The van der Waals surface area contributed by atoms with Gasteiger partial charge in [0.05, 0.1) is 24.0 Å². The van der Waals surface area contributed by atoms with Crippen molar-refractivity contribution in [3.63, 3.8) is 0 Å². The van der Waals surface area contributed by atoms with Crippen LogP contribution < -0.4 is 16.2 Å². The molecule has 3 amide bonds. The molecule has 3 fully saturated rings. The van der Waals surface area contributed by atoms with Gasteiger partial charge in [0.1, 0.15) is 15.1 Å². The highest BCUT2D eigenvalue weighted by atomic mass is 127. The number of fused-ring (bicyclic) bond motifs is 1. The lowest BCUT2D eigenvalue weighted by Crippen LogP contribution is -2.51. The molecule has 11 nitrogen and oxygen atoms in total. The number of aliphatic hydroxyl groups is 1. The number of nitrogens with one attached hydrogen (secondary N) is 2. The molecule has 2 aromatic heterocycles. The summed E-state index contributed by atoms with van der Waals surface area (Å²) in [4.78, 5) is 44.5. The Labute approximate surface area is 239 Å². The quantitative estimate of drug-likeness (QED) is 0.279. The molecule has 1 aliphatic heterocycles. The Kier molecular flexibility index (Phi) is 6.86. The van der Waals surface area contributed by atoms with Crippen LogP contribution in [0.1, 0.15) is 51.4 Å². The number of alkyl halides is 1. The number of likely N-dealkylation sites (tertiary alicyclic amines) is 1. The topological polar surface area (TPSA) is 134 Å². The molecule has 0 bridgehead atoms. The number of halogens is 1. The summed E-state index contributed by atoms with van der Waals surface area (Å²) in [6.45, 7) is 1.08. The summed E-state index contributed by atoms with van der Waals surface area (Å²) in [5.74, 6) is 0.161. The maximum absolute atomic E-state index is 13.3. The highest BCUT2D eigenvalue weighted by Gasteiger charge is 2.50. The fourth-order valence-electron chi connectivity index (χ4n) is 5.57. The Morgan fingerprint density at radius 1 is 1.08 bits per heavy atom. The Morgan fingerprint density at radius 3 is 2.44 bits per heavy atom. The van der Waals surface area contributed by atoms with Crippen LogP contribution in [0, 0.1) is 0 Å². The molecule has 6 rings (SSSR count). The zero-order valence-electron chi connectivity index (χ0n) is 21.6. The SMILES string of the molecule is O=C(Nc1ccc(-n2ncc3c(=O)n(CC4(O)CCN(C(=O)C5(I)CC5)CC4)cnc32)cc1)NC1CCCC1. The standard InChI is InChI=1S/C27H32IN7O4/c28-27(9-10-27)24(37)33-13-11-26(39,12-14-33)16-34-17-29-22-21(23(34)36)15-30-35(22)20-7-5-19(6-8-20)32-25(38)31-18-3-1-2-4-18/h5-8,15,17-18,39H,1-4,9-14,16H2,(H2,31,32,38). The molecule has 3 heterocycles. The number of carbonyl (C=O) groups is 2. The van der Waals surface area contributed by atoms with Gasteiger partial charge in [-0.15, -0.1) is 0 Å². The van der Waals surface area contributed by atoms with E-state index in [1.54, 1.807) is 16.8 Å². The number of hydrogen-bond acceptors (Lipinski definition) is 6. The predicted molar refractivity (Wildman–Crippen MR) is 154 cm³/mol. The van der Waals surface area contributed by atoms with Crippen LogP contribution in [0.25, 0.3) is 16.7 Å². The molecule has 1 saturated heterocycles. The summed E-state index contributed by atoms with van der Waals surface area (Å²) in [5.41, 5.74) is 0.425. The summed E-state index contributed by atoms with van der Waals surface area (Å²) in [6.07, 6.45) is 9.94. The molecule has 3 aromatic rings. The Morgan fingerprint density at radius 2 is 1.77 bits per heavy atom. The summed E-state index contributed by atoms with van der Waals surface area (Å²) in [7, 11) is 0. The Balaban J connectivity index is 1.12. The summed E-state index contributed by atoms with van der Waals surface area (Å²) >= 11 is 2.24. The number of anilines is 1. The fraction of sp³-hybridized carbons (Fsp3) is 0.519. The molecule has 12 heteroatoms. The van der Waals surface area contributed by atoms with E-state index >= 15 is 0 Å². The second kappa shape index (κ2) is 10.2. The van der Waals surface area contributed by atoms with Crippen LogP contribution in [-0.4, -0.2) is 69.4 Å². The molecular formula is C27H32IN7O4. The number of amides is 3. The first-order valence-corrected chi connectivity index (χ1v) is 14.6. The van der Waals surface area contributed by atoms with Crippen LogP contribution in [-0.2, 0) is 11.3 Å². The zero-order valence-corrected chi connectivity index (χ0v) is 23.8. The van der Waals surface area contributed by atoms with Gasteiger partial charge in [0.2, 0.25) is 5.91 Å². The van der Waals surface area contributed by atoms with Gasteiger partial charge in [0.25, 0.3) is 5.56 Å². The van der Waals surface area contributed by atoms with Gasteiger partial charge in [-0.1, -0.05) is 35.4 Å². The van der Waals surface area contributed by atoms with Crippen LogP contribution in [0.3, 0.4) is 0 Å². The lowest BCUT2D eigenvalue weighted by Gasteiger charge is -2.39. The van der Waals surface area contributed by atoms with E-state index in [9.17, 15) is 19.5 Å². The van der Waals surface area contributed by atoms with E-state index in [0.29, 0.717) is 48.3 Å². The molecule has 39 heavy (non-hydrogen) atoms. The van der Waals surface area contributed by atoms with E-state index in [1.165, 1.54) is 17.1 Å². The maximum Gasteiger partial charge on any atom is 0.319 e. The van der Waals surface area contributed by atoms with E-state index in [1.807, 2.05) is 17.0 Å². The average molecular weight is 646 g/mol. The van der Waals surface area contributed by atoms with Gasteiger partial charge < -0.3 is 20.6 Å². The van der Waals surface area contributed by atoms with E-state index in [-0.39, 0.29) is 33.5 Å². The fourth-order valence-corrected chi connectivity index (χ4v) is 6.18. The van der Waals surface area contributed by atoms with Crippen molar-refractivity contribution in [3.05, 3.63) is 47.1 Å². The lowest BCUT2D eigenvalue weighted by atomic mass is 9.91. The predicted octanol–water partition coefficient (Wildman–Crippen LogP) is 2.97. The second-order valence-corrected chi connectivity index (χ2v) is 13.1. The monoisotopic (exact) mass is 645 g/mol. The van der Waals surface area contributed by atoms with Gasteiger partial charge in [-0.05, 0) is 62.8 Å². The smallest absolute Gasteiger partial charge is 0.319 e. The lowest BCUT2D eigenvalue weighted by molar-refractivity contribution is -0.135. The molecule has 206 valence electrons. The summed E-state index contributed by atoms with van der Waals surface area (Å²) in [6, 6.07) is 7.22. The number of urea groups is 1. The normalized spacial score (nSPS) is 20.2. The third kappa shape index (κ3) is 5.40. The second-order valence-electron chi connectivity index (χ2n) is 11.1. The molecular weight excluding hydrogens is 613 g/mol. The number of aromatic nitrogens is 4. The molecule has 3 aliphatic rings. The van der Waals surface area contributed by atoms with Crippen molar-refractivity contribution in [2.75, 3.05) is 18.4 Å². The van der Waals surface area contributed by atoms with Crippen LogP contribution in [0.15, 0.2) is 41.6 Å². The van der Waals surface area contributed by atoms with Gasteiger partial charge >= 0.3 is 6.03 Å². The minimum atomic E-state index is -1.08. The Hall–Kier alpha value is -3.00. The largest absolute Gasteiger partial charge is 0.388 e. The van der Waals surface area contributed by atoms with Crippen molar-refractivity contribution in [1.29, 1.82) is 0 Å². The Bertz CT molecular complexity index is 1450. The van der Waals surface area contributed by atoms with Crippen LogP contribution in [0.2, 0.25) is 0 Å². The molecule has 0 radical (unpaired) electrons. The van der Waals surface area contributed by atoms with Crippen LogP contribution in [0.4, 0.5) is 10.5 Å². The van der Waals surface area contributed by atoms with Gasteiger partial charge in [0.15, 0.2) is 5.65 Å². The third-order valence-corrected chi connectivity index (χ3v) is 9.67. The van der Waals surface area contributed by atoms with Crippen molar-refractivity contribution in [2.45, 2.75) is 73.0 Å². The number of rotatable bonds is 6. The van der Waals surface area contributed by atoms with Crippen molar-refractivity contribution < 1.29 is 14.7 Å². The number of piperidine rings is 1. The number of nitrogens with zero attached hydrogens (tertiary/aromatic N) is 5. The van der Waals surface area contributed by atoms with Gasteiger partial charge in [-0.25, -0.2) is 14.5 Å². The molecule has 3 N–H and O–H groups in total. The van der Waals surface area contributed by atoms with Gasteiger partial charge in [0, 0.05) is 24.8 Å². The molecule has 0 atom stereocenters. The molecule has 2 saturated carbocycles. The highest BCUT2D eigenvalue weighted by Crippen LogP contribution is 2.47. The van der Waals surface area contributed by atoms with Crippen molar-refractivity contribution >= 4 is 51.2 Å². The highest BCUT2D eigenvalue weighted by molar-refractivity contribution is 14.1. The number of carbonyl (C=O) groups excluding carboxylic acids is 2.